The lowest BCUT2D eigenvalue weighted by molar-refractivity contribution is -0.137. The summed E-state index contributed by atoms with van der Waals surface area (Å²) < 4.78 is 37.5. The van der Waals surface area contributed by atoms with Crippen molar-refractivity contribution in [2.75, 3.05) is 0 Å². The van der Waals surface area contributed by atoms with E-state index in [4.69, 9.17) is 0 Å². The van der Waals surface area contributed by atoms with Crippen molar-refractivity contribution >= 4 is 11.3 Å². The van der Waals surface area contributed by atoms with E-state index in [2.05, 4.69) is 5.32 Å². The van der Waals surface area contributed by atoms with Crippen molar-refractivity contribution in [1.29, 1.82) is 0 Å². The van der Waals surface area contributed by atoms with Crippen LogP contribution in [0.5, 0.6) is 0 Å². The second-order valence-corrected chi connectivity index (χ2v) is 5.72. The van der Waals surface area contributed by atoms with Crippen LogP contribution in [0.2, 0.25) is 0 Å². The molecular formula is C15H16F3NS. The average molecular weight is 299 g/mol. The quantitative estimate of drug-likeness (QED) is 0.820. The minimum absolute atomic E-state index is 0.00520. The lowest BCUT2D eigenvalue weighted by Gasteiger charge is -2.20. The Labute approximate surface area is 120 Å². The number of benzene rings is 1. The summed E-state index contributed by atoms with van der Waals surface area (Å²) in [5.74, 6) is 0. The van der Waals surface area contributed by atoms with Gasteiger partial charge in [-0.3, -0.25) is 0 Å². The highest BCUT2D eigenvalue weighted by molar-refractivity contribution is 7.10. The van der Waals surface area contributed by atoms with E-state index in [-0.39, 0.29) is 12.1 Å². The predicted molar refractivity (Wildman–Crippen MR) is 75.7 cm³/mol. The van der Waals surface area contributed by atoms with Crippen molar-refractivity contribution in [2.24, 2.45) is 0 Å². The third-order valence-corrected chi connectivity index (χ3v) is 4.26. The zero-order valence-corrected chi connectivity index (χ0v) is 12.1. The molecule has 1 aromatic heterocycles. The molecule has 0 saturated carbocycles. The first-order valence-corrected chi connectivity index (χ1v) is 7.22. The summed E-state index contributed by atoms with van der Waals surface area (Å²) >= 11 is 1.66. The van der Waals surface area contributed by atoms with Gasteiger partial charge >= 0.3 is 6.18 Å². The number of alkyl halides is 3. The summed E-state index contributed by atoms with van der Waals surface area (Å²) in [6.45, 7) is 4.00. The molecule has 0 amide bonds. The Morgan fingerprint density at radius 3 is 2.15 bits per heavy atom. The molecule has 1 nitrogen and oxygen atoms in total. The molecule has 0 spiro atoms. The summed E-state index contributed by atoms with van der Waals surface area (Å²) in [5, 5.41) is 5.40. The highest BCUT2D eigenvalue weighted by Crippen LogP contribution is 2.30. The standard InChI is InChI=1S/C15H16F3NS/c1-10(19-11(2)14-4-3-9-20-14)12-5-7-13(8-6-12)15(16,17)18/h3-11,19H,1-2H3. The number of halogens is 3. The van der Waals surface area contributed by atoms with Crippen LogP contribution < -0.4 is 5.32 Å². The van der Waals surface area contributed by atoms with Crippen LogP contribution in [0.4, 0.5) is 13.2 Å². The van der Waals surface area contributed by atoms with Gasteiger partial charge in [0.05, 0.1) is 5.56 Å². The average Bonchev–Trinajstić information content (AvgIpc) is 2.91. The van der Waals surface area contributed by atoms with Crippen LogP contribution in [-0.2, 0) is 6.18 Å². The van der Waals surface area contributed by atoms with Gasteiger partial charge < -0.3 is 5.32 Å². The van der Waals surface area contributed by atoms with Crippen LogP contribution in [0, 0.1) is 0 Å². The van der Waals surface area contributed by atoms with Gasteiger partial charge in [0, 0.05) is 17.0 Å². The molecule has 0 saturated heterocycles. The highest BCUT2D eigenvalue weighted by Gasteiger charge is 2.30. The van der Waals surface area contributed by atoms with Crippen LogP contribution in [0.3, 0.4) is 0 Å². The van der Waals surface area contributed by atoms with Crippen LogP contribution in [0.1, 0.15) is 41.9 Å². The molecule has 0 radical (unpaired) electrons. The van der Waals surface area contributed by atoms with Gasteiger partial charge in [0.1, 0.15) is 0 Å². The SMILES string of the molecule is CC(NC(C)c1cccs1)c1ccc(C(F)(F)F)cc1. The Hall–Kier alpha value is -1.33. The first-order chi connectivity index (χ1) is 9.38. The summed E-state index contributed by atoms with van der Waals surface area (Å²) in [5.41, 5.74) is 0.237. The Bertz CT molecular complexity index is 531. The molecular weight excluding hydrogens is 283 g/mol. The van der Waals surface area contributed by atoms with E-state index >= 15 is 0 Å². The fourth-order valence-corrected chi connectivity index (χ4v) is 2.80. The molecule has 1 aromatic carbocycles. The first-order valence-electron chi connectivity index (χ1n) is 6.34. The number of nitrogens with one attached hydrogen (secondary N) is 1. The lowest BCUT2D eigenvalue weighted by atomic mass is 10.0. The molecule has 108 valence electrons. The Morgan fingerprint density at radius 2 is 1.65 bits per heavy atom. The van der Waals surface area contributed by atoms with Crippen molar-refractivity contribution in [1.82, 2.24) is 5.32 Å². The zero-order chi connectivity index (χ0) is 14.8. The predicted octanol–water partition coefficient (Wildman–Crippen LogP) is 5.18. The van der Waals surface area contributed by atoms with Crippen molar-refractivity contribution in [3.63, 3.8) is 0 Å². The third kappa shape index (κ3) is 3.61. The van der Waals surface area contributed by atoms with Gasteiger partial charge in [0.2, 0.25) is 0 Å². The van der Waals surface area contributed by atoms with Crippen molar-refractivity contribution < 1.29 is 13.2 Å². The molecule has 2 aromatic rings. The molecule has 5 heteroatoms. The summed E-state index contributed by atoms with van der Waals surface area (Å²) in [7, 11) is 0. The minimum Gasteiger partial charge on any atom is -0.303 e. The minimum atomic E-state index is -4.28. The maximum Gasteiger partial charge on any atom is 0.416 e. The monoisotopic (exact) mass is 299 g/mol. The normalized spacial score (nSPS) is 15.1. The summed E-state index contributed by atoms with van der Waals surface area (Å²) in [4.78, 5) is 1.21. The van der Waals surface area contributed by atoms with Crippen LogP contribution in [0.15, 0.2) is 41.8 Å². The second kappa shape index (κ2) is 5.97. The molecule has 2 rings (SSSR count). The van der Waals surface area contributed by atoms with E-state index in [0.29, 0.717) is 0 Å². The Balaban J connectivity index is 2.04. The van der Waals surface area contributed by atoms with E-state index in [0.717, 1.165) is 17.7 Å². The Morgan fingerprint density at radius 1 is 1.00 bits per heavy atom. The maximum atomic E-state index is 12.5. The Kier molecular flexibility index (Phi) is 4.50. The highest BCUT2D eigenvalue weighted by atomic mass is 32.1. The zero-order valence-electron chi connectivity index (χ0n) is 11.2. The fraction of sp³-hybridized carbons (Fsp3) is 0.333. The van der Waals surface area contributed by atoms with Crippen molar-refractivity contribution in [3.8, 4) is 0 Å². The molecule has 2 unspecified atom stereocenters. The van der Waals surface area contributed by atoms with Crippen molar-refractivity contribution in [2.45, 2.75) is 32.1 Å². The number of rotatable bonds is 4. The maximum absolute atomic E-state index is 12.5. The molecule has 0 aliphatic carbocycles. The molecule has 0 fully saturated rings. The molecule has 1 heterocycles. The first kappa shape index (κ1) is 15.1. The van der Waals surface area contributed by atoms with E-state index in [9.17, 15) is 13.2 Å². The van der Waals surface area contributed by atoms with Crippen LogP contribution in [-0.4, -0.2) is 0 Å². The molecule has 1 N–H and O–H groups in total. The van der Waals surface area contributed by atoms with Gasteiger partial charge in [0.25, 0.3) is 0 Å². The number of hydrogen-bond donors (Lipinski definition) is 1. The smallest absolute Gasteiger partial charge is 0.303 e. The van der Waals surface area contributed by atoms with Gasteiger partial charge in [-0.1, -0.05) is 18.2 Å². The van der Waals surface area contributed by atoms with Crippen molar-refractivity contribution in [3.05, 3.63) is 57.8 Å². The molecule has 2 atom stereocenters. The van der Waals surface area contributed by atoms with Gasteiger partial charge in [0.15, 0.2) is 0 Å². The summed E-state index contributed by atoms with van der Waals surface area (Å²) in [6.07, 6.45) is -4.28. The van der Waals surface area contributed by atoms with Gasteiger partial charge in [-0.2, -0.15) is 13.2 Å². The second-order valence-electron chi connectivity index (χ2n) is 4.75. The van der Waals surface area contributed by atoms with E-state index in [1.54, 1.807) is 11.3 Å². The molecule has 0 aliphatic heterocycles. The fourth-order valence-electron chi connectivity index (χ4n) is 2.05. The van der Waals surface area contributed by atoms with Crippen LogP contribution in [0.25, 0.3) is 0 Å². The van der Waals surface area contributed by atoms with E-state index < -0.39 is 11.7 Å². The summed E-state index contributed by atoms with van der Waals surface area (Å²) in [6, 6.07) is 9.51. The van der Waals surface area contributed by atoms with E-state index in [1.165, 1.54) is 17.0 Å². The lowest BCUT2D eigenvalue weighted by Crippen LogP contribution is -2.21. The third-order valence-electron chi connectivity index (χ3n) is 3.21. The molecule has 0 bridgehead atoms. The van der Waals surface area contributed by atoms with Gasteiger partial charge in [-0.15, -0.1) is 11.3 Å². The number of hydrogen-bond acceptors (Lipinski definition) is 2. The van der Waals surface area contributed by atoms with Gasteiger partial charge in [-0.25, -0.2) is 0 Å². The van der Waals surface area contributed by atoms with Gasteiger partial charge in [-0.05, 0) is 43.0 Å². The van der Waals surface area contributed by atoms with Crippen LogP contribution >= 0.6 is 11.3 Å². The largest absolute Gasteiger partial charge is 0.416 e. The van der Waals surface area contributed by atoms with E-state index in [1.807, 2.05) is 31.4 Å². The molecule has 0 aliphatic rings. The molecule has 20 heavy (non-hydrogen) atoms. The number of thiophene rings is 1. The topological polar surface area (TPSA) is 12.0 Å².